The molecule has 1 saturated carbocycles. The van der Waals surface area contributed by atoms with E-state index in [1.807, 2.05) is 0 Å². The van der Waals surface area contributed by atoms with Gasteiger partial charge in [-0.2, -0.15) is 18.3 Å². The van der Waals surface area contributed by atoms with E-state index in [0.29, 0.717) is 17.8 Å². The van der Waals surface area contributed by atoms with Crippen molar-refractivity contribution in [1.29, 1.82) is 0 Å². The van der Waals surface area contributed by atoms with Crippen LogP contribution in [0.1, 0.15) is 36.8 Å². The minimum absolute atomic E-state index is 0.00723. The molecule has 3 rings (SSSR count). The minimum atomic E-state index is -4.37. The Morgan fingerprint density at radius 3 is 2.68 bits per heavy atom. The summed E-state index contributed by atoms with van der Waals surface area (Å²) >= 11 is 5.96. The van der Waals surface area contributed by atoms with Crippen molar-refractivity contribution in [2.24, 2.45) is 0 Å². The molecule has 134 valence electrons. The van der Waals surface area contributed by atoms with E-state index < -0.39 is 22.7 Å². The van der Waals surface area contributed by atoms with Gasteiger partial charge in [-0.1, -0.05) is 42.6 Å². The molecule has 0 radical (unpaired) electrons. The standard InChI is InChI=1S/C17H17ClF3N3O/c18-14-13(9-23-24-15(14)25)22-10-16(6-1-2-7-16)11-4-3-5-12(8-11)17(19,20)21/h3-5,8-9H,1-2,6-7,10H2,(H2,22,24,25). The maximum atomic E-state index is 13.0. The molecule has 0 spiro atoms. The highest BCUT2D eigenvalue weighted by molar-refractivity contribution is 6.32. The van der Waals surface area contributed by atoms with Crippen LogP contribution in [0, 0.1) is 0 Å². The third kappa shape index (κ3) is 3.66. The molecule has 0 amide bonds. The average Bonchev–Trinajstić information content (AvgIpc) is 3.06. The summed E-state index contributed by atoms with van der Waals surface area (Å²) in [5, 5.41) is 9.02. The van der Waals surface area contributed by atoms with Crippen molar-refractivity contribution in [3.8, 4) is 0 Å². The van der Waals surface area contributed by atoms with Crippen LogP contribution in [0.15, 0.2) is 35.3 Å². The fraction of sp³-hybridized carbons (Fsp3) is 0.412. The molecule has 2 N–H and O–H groups in total. The lowest BCUT2D eigenvalue weighted by Gasteiger charge is -2.31. The SMILES string of the molecule is O=c1[nH]ncc(NCC2(c3cccc(C(F)(F)F)c3)CCCC2)c1Cl. The number of benzene rings is 1. The second kappa shape index (κ2) is 6.71. The molecule has 4 nitrogen and oxygen atoms in total. The molecular formula is C17H17ClF3N3O. The summed E-state index contributed by atoms with van der Waals surface area (Å²) < 4.78 is 39.1. The Kier molecular flexibility index (Phi) is 4.77. The summed E-state index contributed by atoms with van der Waals surface area (Å²) in [4.78, 5) is 11.5. The van der Waals surface area contributed by atoms with E-state index in [4.69, 9.17) is 11.6 Å². The minimum Gasteiger partial charge on any atom is -0.381 e. The van der Waals surface area contributed by atoms with Crippen LogP contribution in [0.25, 0.3) is 0 Å². The smallest absolute Gasteiger partial charge is 0.381 e. The number of nitrogens with one attached hydrogen (secondary N) is 2. The third-order valence-corrected chi connectivity index (χ3v) is 5.15. The molecule has 25 heavy (non-hydrogen) atoms. The zero-order valence-corrected chi connectivity index (χ0v) is 14.0. The van der Waals surface area contributed by atoms with Gasteiger partial charge in [0.25, 0.3) is 5.56 Å². The van der Waals surface area contributed by atoms with Crippen LogP contribution in [-0.4, -0.2) is 16.7 Å². The largest absolute Gasteiger partial charge is 0.416 e. The molecule has 0 atom stereocenters. The highest BCUT2D eigenvalue weighted by Crippen LogP contribution is 2.43. The van der Waals surface area contributed by atoms with Crippen LogP contribution < -0.4 is 10.9 Å². The van der Waals surface area contributed by atoms with Crippen molar-refractivity contribution in [2.45, 2.75) is 37.3 Å². The first-order valence-electron chi connectivity index (χ1n) is 7.97. The summed E-state index contributed by atoms with van der Waals surface area (Å²) in [5.41, 5.74) is -0.545. The number of aromatic nitrogens is 2. The summed E-state index contributed by atoms with van der Waals surface area (Å²) in [6.45, 7) is 0.388. The monoisotopic (exact) mass is 371 g/mol. The average molecular weight is 372 g/mol. The molecule has 2 aromatic rings. The lowest BCUT2D eigenvalue weighted by atomic mass is 9.78. The third-order valence-electron chi connectivity index (χ3n) is 4.78. The van der Waals surface area contributed by atoms with Gasteiger partial charge in [-0.25, -0.2) is 5.10 Å². The molecule has 0 aliphatic heterocycles. The number of hydrogen-bond donors (Lipinski definition) is 2. The van der Waals surface area contributed by atoms with E-state index in [0.717, 1.165) is 31.7 Å². The van der Waals surface area contributed by atoms with Gasteiger partial charge in [0.2, 0.25) is 0 Å². The van der Waals surface area contributed by atoms with Crippen LogP contribution in [0.5, 0.6) is 0 Å². The molecule has 1 fully saturated rings. The maximum absolute atomic E-state index is 13.0. The molecule has 0 saturated heterocycles. The Morgan fingerprint density at radius 2 is 2.00 bits per heavy atom. The Labute approximate surface area is 147 Å². The van der Waals surface area contributed by atoms with Crippen LogP contribution in [0.4, 0.5) is 18.9 Å². The number of H-pyrrole nitrogens is 1. The van der Waals surface area contributed by atoms with Gasteiger partial charge < -0.3 is 5.32 Å². The highest BCUT2D eigenvalue weighted by Gasteiger charge is 2.38. The summed E-state index contributed by atoms with van der Waals surface area (Å²) in [7, 11) is 0. The lowest BCUT2D eigenvalue weighted by Crippen LogP contribution is -2.32. The Hall–Kier alpha value is -2.02. The highest BCUT2D eigenvalue weighted by atomic mass is 35.5. The summed E-state index contributed by atoms with van der Waals surface area (Å²) in [5.74, 6) is 0. The predicted octanol–water partition coefficient (Wildman–Crippen LogP) is 4.37. The number of hydrogen-bond acceptors (Lipinski definition) is 3. The molecule has 0 unspecified atom stereocenters. The quantitative estimate of drug-likeness (QED) is 0.839. The van der Waals surface area contributed by atoms with Gasteiger partial charge in [0.05, 0.1) is 17.4 Å². The molecule has 8 heteroatoms. The first kappa shape index (κ1) is 17.8. The normalized spacial score (nSPS) is 16.8. The molecule has 1 aliphatic rings. The van der Waals surface area contributed by atoms with E-state index in [-0.39, 0.29) is 5.02 Å². The van der Waals surface area contributed by atoms with Gasteiger partial charge >= 0.3 is 6.18 Å². The van der Waals surface area contributed by atoms with E-state index in [2.05, 4.69) is 15.5 Å². The summed E-state index contributed by atoms with van der Waals surface area (Å²) in [6.07, 6.45) is 0.464. The van der Waals surface area contributed by atoms with Gasteiger partial charge in [0.1, 0.15) is 5.02 Å². The van der Waals surface area contributed by atoms with Crippen molar-refractivity contribution >= 4 is 17.3 Å². The Morgan fingerprint density at radius 1 is 1.28 bits per heavy atom. The number of aromatic amines is 1. The fourth-order valence-corrected chi connectivity index (χ4v) is 3.57. The molecule has 1 heterocycles. The Bertz CT molecular complexity index is 813. The van der Waals surface area contributed by atoms with Gasteiger partial charge in [0.15, 0.2) is 0 Å². The number of alkyl halides is 3. The molecule has 1 aromatic carbocycles. The van der Waals surface area contributed by atoms with Crippen molar-refractivity contribution < 1.29 is 13.2 Å². The maximum Gasteiger partial charge on any atom is 0.416 e. The molecule has 0 bridgehead atoms. The van der Waals surface area contributed by atoms with Crippen LogP contribution in [0.3, 0.4) is 0 Å². The van der Waals surface area contributed by atoms with Gasteiger partial charge in [-0.3, -0.25) is 4.79 Å². The zero-order chi connectivity index (χ0) is 18.1. The zero-order valence-electron chi connectivity index (χ0n) is 13.3. The topological polar surface area (TPSA) is 57.8 Å². The first-order chi connectivity index (χ1) is 11.8. The van der Waals surface area contributed by atoms with Gasteiger partial charge in [0, 0.05) is 12.0 Å². The van der Waals surface area contributed by atoms with Crippen LogP contribution in [-0.2, 0) is 11.6 Å². The van der Waals surface area contributed by atoms with Crippen LogP contribution >= 0.6 is 11.6 Å². The van der Waals surface area contributed by atoms with E-state index in [1.54, 1.807) is 6.07 Å². The molecule has 1 aliphatic carbocycles. The summed E-state index contributed by atoms with van der Waals surface area (Å²) in [6, 6.07) is 5.49. The van der Waals surface area contributed by atoms with E-state index in [9.17, 15) is 18.0 Å². The predicted molar refractivity (Wildman–Crippen MR) is 89.9 cm³/mol. The van der Waals surface area contributed by atoms with E-state index >= 15 is 0 Å². The van der Waals surface area contributed by atoms with Crippen molar-refractivity contribution in [1.82, 2.24) is 10.2 Å². The second-order valence-electron chi connectivity index (χ2n) is 6.35. The Balaban J connectivity index is 1.90. The number of rotatable bonds is 4. The van der Waals surface area contributed by atoms with Gasteiger partial charge in [-0.15, -0.1) is 0 Å². The number of halogens is 4. The second-order valence-corrected chi connectivity index (χ2v) is 6.72. The first-order valence-corrected chi connectivity index (χ1v) is 8.34. The van der Waals surface area contributed by atoms with Crippen molar-refractivity contribution in [3.63, 3.8) is 0 Å². The van der Waals surface area contributed by atoms with E-state index in [1.165, 1.54) is 18.3 Å². The van der Waals surface area contributed by atoms with Crippen LogP contribution in [0.2, 0.25) is 5.02 Å². The number of anilines is 1. The van der Waals surface area contributed by atoms with Crippen molar-refractivity contribution in [3.05, 3.63) is 57.0 Å². The van der Waals surface area contributed by atoms with Crippen molar-refractivity contribution in [2.75, 3.05) is 11.9 Å². The lowest BCUT2D eigenvalue weighted by molar-refractivity contribution is -0.137. The molecule has 1 aromatic heterocycles. The molecular weight excluding hydrogens is 355 g/mol. The fourth-order valence-electron chi connectivity index (χ4n) is 3.42. The van der Waals surface area contributed by atoms with Gasteiger partial charge in [-0.05, 0) is 24.5 Å². The number of nitrogens with zero attached hydrogens (tertiary/aromatic N) is 1.